The fraction of sp³-hybridized carbons (Fsp3) is 0.235. The summed E-state index contributed by atoms with van der Waals surface area (Å²) in [6.45, 7) is 0. The summed E-state index contributed by atoms with van der Waals surface area (Å²) in [5.41, 5.74) is 7.30. The third-order valence-corrected chi connectivity index (χ3v) is 4.16. The lowest BCUT2D eigenvalue weighted by atomic mass is 10.0. The van der Waals surface area contributed by atoms with Crippen LogP contribution in [0.1, 0.15) is 31.0 Å². The van der Waals surface area contributed by atoms with Crippen molar-refractivity contribution in [1.82, 2.24) is 9.97 Å². The van der Waals surface area contributed by atoms with Crippen LogP contribution in [-0.4, -0.2) is 21.8 Å². The highest BCUT2D eigenvalue weighted by Crippen LogP contribution is 2.34. The summed E-state index contributed by atoms with van der Waals surface area (Å²) >= 11 is 6.28. The molecular formula is C17H17ClN4O2. The van der Waals surface area contributed by atoms with Crippen LogP contribution in [0.25, 0.3) is 11.3 Å². The first kappa shape index (κ1) is 16.3. The van der Waals surface area contributed by atoms with Gasteiger partial charge in [-0.2, -0.15) is 0 Å². The van der Waals surface area contributed by atoms with Gasteiger partial charge in [-0.05, 0) is 18.9 Å². The largest absolute Gasteiger partial charge is 0.369 e. The number of aromatic nitrogens is 2. The number of para-hydroxylation sites is 1. The van der Waals surface area contributed by atoms with Crippen LogP contribution in [0.5, 0.6) is 0 Å². The molecule has 24 heavy (non-hydrogen) atoms. The van der Waals surface area contributed by atoms with Gasteiger partial charge in [0.2, 0.25) is 11.8 Å². The number of benzene rings is 1. The molecule has 1 atom stereocenters. The van der Waals surface area contributed by atoms with Crippen LogP contribution >= 0.6 is 11.6 Å². The predicted octanol–water partition coefficient (Wildman–Crippen LogP) is 2.98. The monoisotopic (exact) mass is 344 g/mol. The SMILES string of the molecule is NC(=O)[C@H]1C/C=C/CCC(=O)Nc2ccccc2-c2nc1[nH]c2Cl. The lowest BCUT2D eigenvalue weighted by Crippen LogP contribution is -2.22. The molecule has 1 aliphatic heterocycles. The van der Waals surface area contributed by atoms with Crippen LogP contribution in [0.4, 0.5) is 5.69 Å². The van der Waals surface area contributed by atoms with Crippen molar-refractivity contribution < 1.29 is 9.59 Å². The number of anilines is 1. The molecule has 124 valence electrons. The average Bonchev–Trinajstić information content (AvgIpc) is 2.92. The van der Waals surface area contributed by atoms with Gasteiger partial charge in [0, 0.05) is 12.0 Å². The highest BCUT2D eigenvalue weighted by molar-refractivity contribution is 6.32. The van der Waals surface area contributed by atoms with Crippen LogP contribution in [0.3, 0.4) is 0 Å². The van der Waals surface area contributed by atoms with Crippen LogP contribution in [0.15, 0.2) is 36.4 Å². The van der Waals surface area contributed by atoms with Crippen molar-refractivity contribution in [3.05, 3.63) is 47.4 Å². The number of carbonyl (C=O) groups is 2. The van der Waals surface area contributed by atoms with E-state index < -0.39 is 11.8 Å². The number of allylic oxidation sites excluding steroid dienone is 2. The molecule has 0 saturated heterocycles. The molecule has 0 radical (unpaired) electrons. The smallest absolute Gasteiger partial charge is 0.228 e. The number of nitrogens with zero attached hydrogens (tertiary/aromatic N) is 1. The Bertz CT molecular complexity index is 813. The second kappa shape index (κ2) is 6.88. The summed E-state index contributed by atoms with van der Waals surface area (Å²) in [5, 5.41) is 3.19. The molecule has 2 bridgehead atoms. The van der Waals surface area contributed by atoms with Gasteiger partial charge in [-0.25, -0.2) is 4.98 Å². The Labute approximate surface area is 144 Å². The number of nitrogens with two attached hydrogens (primary N) is 1. The van der Waals surface area contributed by atoms with E-state index in [2.05, 4.69) is 15.3 Å². The summed E-state index contributed by atoms with van der Waals surface area (Å²) in [4.78, 5) is 31.3. The lowest BCUT2D eigenvalue weighted by molar-refractivity contribution is -0.119. The molecule has 3 rings (SSSR count). The minimum Gasteiger partial charge on any atom is -0.369 e. The Balaban J connectivity index is 2.12. The van der Waals surface area contributed by atoms with Gasteiger partial charge in [0.25, 0.3) is 0 Å². The van der Waals surface area contributed by atoms with Gasteiger partial charge < -0.3 is 16.0 Å². The van der Waals surface area contributed by atoms with Crippen molar-refractivity contribution >= 4 is 29.1 Å². The number of fused-ring (bicyclic) bond motifs is 4. The molecule has 0 saturated carbocycles. The van der Waals surface area contributed by atoms with E-state index in [0.717, 1.165) is 0 Å². The molecule has 2 amide bonds. The number of aromatic amines is 1. The highest BCUT2D eigenvalue weighted by atomic mass is 35.5. The van der Waals surface area contributed by atoms with E-state index in [0.29, 0.717) is 47.2 Å². The number of H-pyrrole nitrogens is 1. The first-order chi connectivity index (χ1) is 11.6. The second-order valence-corrected chi connectivity index (χ2v) is 5.96. The van der Waals surface area contributed by atoms with Crippen molar-refractivity contribution in [2.24, 2.45) is 5.73 Å². The van der Waals surface area contributed by atoms with Crippen molar-refractivity contribution in [3.63, 3.8) is 0 Å². The molecule has 1 aliphatic rings. The summed E-state index contributed by atoms with van der Waals surface area (Å²) in [6.07, 6.45) is 5.05. The van der Waals surface area contributed by atoms with Crippen LogP contribution in [0, 0.1) is 0 Å². The second-order valence-electron chi connectivity index (χ2n) is 5.58. The maximum atomic E-state index is 12.1. The van der Waals surface area contributed by atoms with Gasteiger partial charge in [-0.15, -0.1) is 0 Å². The minimum atomic E-state index is -0.593. The topological polar surface area (TPSA) is 101 Å². The molecule has 4 N–H and O–H groups in total. The maximum Gasteiger partial charge on any atom is 0.228 e. The van der Waals surface area contributed by atoms with Gasteiger partial charge >= 0.3 is 0 Å². The molecule has 0 unspecified atom stereocenters. The zero-order valence-electron chi connectivity index (χ0n) is 12.9. The summed E-state index contributed by atoms with van der Waals surface area (Å²) < 4.78 is 0. The van der Waals surface area contributed by atoms with Gasteiger partial charge in [0.05, 0.1) is 11.6 Å². The molecule has 1 aromatic heterocycles. The van der Waals surface area contributed by atoms with Crippen molar-refractivity contribution in [2.45, 2.75) is 25.2 Å². The Morgan fingerprint density at radius 2 is 2.08 bits per heavy atom. The van der Waals surface area contributed by atoms with E-state index in [9.17, 15) is 9.59 Å². The molecule has 2 heterocycles. The lowest BCUT2D eigenvalue weighted by Gasteiger charge is -2.09. The number of halogens is 1. The molecular weight excluding hydrogens is 328 g/mol. The van der Waals surface area contributed by atoms with Gasteiger partial charge in [-0.1, -0.05) is 42.0 Å². The molecule has 0 spiro atoms. The van der Waals surface area contributed by atoms with E-state index >= 15 is 0 Å². The van der Waals surface area contributed by atoms with Crippen molar-refractivity contribution in [2.75, 3.05) is 5.32 Å². The standard InChI is InChI=1S/C17H17ClN4O2/c18-15-14-10-6-4-5-8-12(10)20-13(23)9-3-1-2-7-11(16(19)24)17(21-14)22-15/h1-2,4-6,8,11H,3,7,9H2,(H2,19,24)(H,20,23)(H,21,22)/b2-1+/t11-/m1/s1. The number of amides is 2. The molecule has 6 nitrogen and oxygen atoms in total. The highest BCUT2D eigenvalue weighted by Gasteiger charge is 2.24. The van der Waals surface area contributed by atoms with Gasteiger partial charge in [0.15, 0.2) is 0 Å². The number of hydrogen-bond acceptors (Lipinski definition) is 3. The van der Waals surface area contributed by atoms with Crippen molar-refractivity contribution in [3.8, 4) is 11.3 Å². The first-order valence-corrected chi connectivity index (χ1v) is 8.03. The molecule has 0 aliphatic carbocycles. The number of imidazole rings is 1. The van der Waals surface area contributed by atoms with E-state index in [1.54, 1.807) is 6.07 Å². The predicted molar refractivity (Wildman–Crippen MR) is 92.6 cm³/mol. The Morgan fingerprint density at radius 1 is 1.29 bits per heavy atom. The number of nitrogens with one attached hydrogen (secondary N) is 2. The minimum absolute atomic E-state index is 0.0929. The summed E-state index contributed by atoms with van der Waals surface area (Å²) in [7, 11) is 0. The fourth-order valence-corrected chi connectivity index (χ4v) is 2.89. The van der Waals surface area contributed by atoms with Crippen molar-refractivity contribution in [1.29, 1.82) is 0 Å². The number of rotatable bonds is 1. The first-order valence-electron chi connectivity index (χ1n) is 7.65. The van der Waals surface area contributed by atoms with Crippen LogP contribution in [-0.2, 0) is 9.59 Å². The summed E-state index contributed by atoms with van der Waals surface area (Å²) in [5.74, 6) is -0.741. The fourth-order valence-electron chi connectivity index (χ4n) is 2.65. The van der Waals surface area contributed by atoms with Gasteiger partial charge in [-0.3, -0.25) is 9.59 Å². The third-order valence-electron chi connectivity index (χ3n) is 3.88. The Morgan fingerprint density at radius 3 is 2.88 bits per heavy atom. The van der Waals surface area contributed by atoms with E-state index in [1.807, 2.05) is 30.4 Å². The third kappa shape index (κ3) is 3.33. The number of hydrogen-bond donors (Lipinski definition) is 3. The Hall–Kier alpha value is -2.60. The van der Waals surface area contributed by atoms with E-state index in [-0.39, 0.29) is 5.91 Å². The van der Waals surface area contributed by atoms with Crippen LogP contribution in [0.2, 0.25) is 5.15 Å². The van der Waals surface area contributed by atoms with Gasteiger partial charge in [0.1, 0.15) is 16.7 Å². The maximum absolute atomic E-state index is 12.1. The molecule has 1 aromatic carbocycles. The van der Waals surface area contributed by atoms with E-state index in [4.69, 9.17) is 17.3 Å². The molecule has 2 aromatic rings. The Kier molecular flexibility index (Phi) is 4.66. The van der Waals surface area contributed by atoms with Crippen LogP contribution < -0.4 is 11.1 Å². The van der Waals surface area contributed by atoms with E-state index in [1.165, 1.54) is 0 Å². The molecule has 7 heteroatoms. The number of carbonyl (C=O) groups excluding carboxylic acids is 2. The normalized spacial score (nSPS) is 19.2. The zero-order chi connectivity index (χ0) is 17.1. The quantitative estimate of drug-likeness (QED) is 0.693. The average molecular weight is 345 g/mol. The summed E-state index contributed by atoms with van der Waals surface area (Å²) in [6, 6.07) is 7.27. The molecule has 0 fully saturated rings. The zero-order valence-corrected chi connectivity index (χ0v) is 13.6. The number of primary amides is 1.